The Morgan fingerprint density at radius 2 is 2.31 bits per heavy atom. The molecule has 0 unspecified atom stereocenters. The summed E-state index contributed by atoms with van der Waals surface area (Å²) in [5.41, 5.74) is 1.15. The third-order valence-corrected chi connectivity index (χ3v) is 2.31. The number of carbonyl (C=O) groups excluding carboxylic acids is 1. The van der Waals surface area contributed by atoms with Gasteiger partial charge < -0.3 is 5.32 Å². The lowest BCUT2D eigenvalue weighted by atomic mass is 10.1. The van der Waals surface area contributed by atoms with Crippen molar-refractivity contribution in [2.45, 2.75) is 45.4 Å². The molecule has 1 heterocycles. The second-order valence-corrected chi connectivity index (χ2v) is 3.62. The second-order valence-electron chi connectivity index (χ2n) is 3.62. The maximum Gasteiger partial charge on any atom is 0.157 e. The molecule has 0 saturated carbocycles. The van der Waals surface area contributed by atoms with Gasteiger partial charge in [-0.2, -0.15) is 0 Å². The summed E-state index contributed by atoms with van der Waals surface area (Å²) in [6, 6.07) is 0. The van der Waals surface area contributed by atoms with Crippen LogP contribution in [0, 0.1) is 0 Å². The monoisotopic (exact) mass is 181 g/mol. The van der Waals surface area contributed by atoms with Gasteiger partial charge in [0.05, 0.1) is 0 Å². The third kappa shape index (κ3) is 4.11. The van der Waals surface area contributed by atoms with E-state index in [1.165, 1.54) is 19.3 Å². The van der Waals surface area contributed by atoms with E-state index < -0.39 is 0 Å². The minimum absolute atomic E-state index is 0.270. The molecule has 1 fully saturated rings. The van der Waals surface area contributed by atoms with Crippen molar-refractivity contribution in [2.24, 2.45) is 0 Å². The van der Waals surface area contributed by atoms with Crippen LogP contribution >= 0.6 is 0 Å². The van der Waals surface area contributed by atoms with Crippen molar-refractivity contribution in [2.75, 3.05) is 6.54 Å². The predicted molar refractivity (Wildman–Crippen MR) is 54.5 cm³/mol. The van der Waals surface area contributed by atoms with E-state index in [-0.39, 0.29) is 5.78 Å². The summed E-state index contributed by atoms with van der Waals surface area (Å²) in [5, 5.41) is 3.31. The Bertz CT molecular complexity index is 186. The van der Waals surface area contributed by atoms with E-state index in [1.54, 1.807) is 6.08 Å². The van der Waals surface area contributed by atoms with E-state index in [4.69, 9.17) is 0 Å². The summed E-state index contributed by atoms with van der Waals surface area (Å²) in [4.78, 5) is 11.3. The van der Waals surface area contributed by atoms with Crippen molar-refractivity contribution in [1.29, 1.82) is 0 Å². The zero-order chi connectivity index (χ0) is 9.52. The fraction of sp³-hybridized carbons (Fsp3) is 0.727. The van der Waals surface area contributed by atoms with Crippen LogP contribution in [0.15, 0.2) is 11.8 Å². The molecular formula is C11H19NO. The molecule has 13 heavy (non-hydrogen) atoms. The van der Waals surface area contributed by atoms with Gasteiger partial charge in [-0.15, -0.1) is 0 Å². The summed E-state index contributed by atoms with van der Waals surface area (Å²) in [6.45, 7) is 3.07. The molecule has 74 valence electrons. The Hall–Kier alpha value is -0.790. The molecule has 1 aliphatic heterocycles. The number of rotatable bonds is 3. The summed E-state index contributed by atoms with van der Waals surface area (Å²) in [5.74, 6) is 0.270. The molecular weight excluding hydrogens is 162 g/mol. The number of nitrogens with one attached hydrogen (secondary N) is 1. The molecule has 2 nitrogen and oxygen atoms in total. The lowest BCUT2D eigenvalue weighted by Gasteiger charge is -2.04. The predicted octanol–water partition coefficient (Wildman–Crippen LogP) is 2.40. The Kier molecular flexibility index (Phi) is 4.58. The van der Waals surface area contributed by atoms with E-state index in [2.05, 4.69) is 5.32 Å². The highest BCUT2D eigenvalue weighted by Crippen LogP contribution is 2.11. The molecule has 0 aliphatic carbocycles. The quantitative estimate of drug-likeness (QED) is 0.677. The molecule has 0 amide bonds. The Labute approximate surface area is 80.4 Å². The van der Waals surface area contributed by atoms with Gasteiger partial charge in [-0.05, 0) is 25.7 Å². The number of carbonyl (C=O) groups is 1. The first-order valence-corrected chi connectivity index (χ1v) is 5.30. The van der Waals surface area contributed by atoms with Crippen LogP contribution in [0.5, 0.6) is 0 Å². The lowest BCUT2D eigenvalue weighted by Crippen LogP contribution is -2.13. The fourth-order valence-corrected chi connectivity index (χ4v) is 1.59. The van der Waals surface area contributed by atoms with E-state index in [9.17, 15) is 4.79 Å². The van der Waals surface area contributed by atoms with Crippen LogP contribution in [0.25, 0.3) is 0 Å². The highest BCUT2D eigenvalue weighted by molar-refractivity contribution is 5.90. The second kappa shape index (κ2) is 5.79. The van der Waals surface area contributed by atoms with Crippen molar-refractivity contribution >= 4 is 5.78 Å². The molecule has 0 atom stereocenters. The normalized spacial score (nSPS) is 20.8. The summed E-state index contributed by atoms with van der Waals surface area (Å²) in [7, 11) is 0. The van der Waals surface area contributed by atoms with E-state index in [0.29, 0.717) is 6.42 Å². The van der Waals surface area contributed by atoms with Crippen LogP contribution < -0.4 is 5.32 Å². The highest BCUT2D eigenvalue weighted by Gasteiger charge is 2.04. The van der Waals surface area contributed by atoms with Crippen molar-refractivity contribution in [3.63, 3.8) is 0 Å². The van der Waals surface area contributed by atoms with Gasteiger partial charge in [0.2, 0.25) is 0 Å². The maximum absolute atomic E-state index is 11.3. The molecule has 0 bridgehead atoms. The SMILES string of the molecule is CCCC(=O)/C=C1/CCCCCN1. The fourth-order valence-electron chi connectivity index (χ4n) is 1.59. The van der Waals surface area contributed by atoms with Crippen molar-refractivity contribution in [3.8, 4) is 0 Å². The minimum Gasteiger partial charge on any atom is -0.388 e. The van der Waals surface area contributed by atoms with E-state index in [1.807, 2.05) is 6.92 Å². The van der Waals surface area contributed by atoms with Gasteiger partial charge in [0.15, 0.2) is 5.78 Å². The molecule has 1 aliphatic rings. The lowest BCUT2D eigenvalue weighted by molar-refractivity contribution is -0.114. The van der Waals surface area contributed by atoms with Crippen LogP contribution in [-0.4, -0.2) is 12.3 Å². The van der Waals surface area contributed by atoms with Gasteiger partial charge in [-0.25, -0.2) is 0 Å². The first kappa shape index (κ1) is 10.3. The van der Waals surface area contributed by atoms with Gasteiger partial charge >= 0.3 is 0 Å². The van der Waals surface area contributed by atoms with Crippen molar-refractivity contribution < 1.29 is 4.79 Å². The van der Waals surface area contributed by atoms with E-state index in [0.717, 1.165) is 25.1 Å². The molecule has 0 aromatic rings. The van der Waals surface area contributed by atoms with Gasteiger partial charge in [-0.3, -0.25) is 4.79 Å². The standard InChI is InChI=1S/C11H19NO/c1-2-6-11(13)9-10-7-4-3-5-8-12-10/h9,12H,2-8H2,1H3/b10-9-. The first-order chi connectivity index (χ1) is 6.33. The molecule has 1 N–H and O–H groups in total. The Morgan fingerprint density at radius 3 is 3.08 bits per heavy atom. The molecule has 0 radical (unpaired) electrons. The Morgan fingerprint density at radius 1 is 1.46 bits per heavy atom. The summed E-state index contributed by atoms with van der Waals surface area (Å²) < 4.78 is 0. The Balaban J connectivity index is 2.42. The number of ketones is 1. The molecule has 0 aromatic carbocycles. The van der Waals surface area contributed by atoms with Gasteiger partial charge in [0.25, 0.3) is 0 Å². The van der Waals surface area contributed by atoms with Crippen molar-refractivity contribution in [1.82, 2.24) is 5.32 Å². The largest absolute Gasteiger partial charge is 0.388 e. The molecule has 2 heteroatoms. The highest BCUT2D eigenvalue weighted by atomic mass is 16.1. The van der Waals surface area contributed by atoms with Gasteiger partial charge in [-0.1, -0.05) is 13.3 Å². The zero-order valence-corrected chi connectivity index (χ0v) is 8.44. The van der Waals surface area contributed by atoms with Crippen LogP contribution in [0.3, 0.4) is 0 Å². The summed E-state index contributed by atoms with van der Waals surface area (Å²) in [6.07, 6.45) is 8.22. The first-order valence-electron chi connectivity index (χ1n) is 5.30. The van der Waals surface area contributed by atoms with Gasteiger partial charge in [0, 0.05) is 24.7 Å². The number of hydrogen-bond acceptors (Lipinski definition) is 2. The third-order valence-electron chi connectivity index (χ3n) is 2.31. The minimum atomic E-state index is 0.270. The average molecular weight is 181 g/mol. The van der Waals surface area contributed by atoms with Gasteiger partial charge in [0.1, 0.15) is 0 Å². The smallest absolute Gasteiger partial charge is 0.157 e. The number of hydrogen-bond donors (Lipinski definition) is 1. The zero-order valence-electron chi connectivity index (χ0n) is 8.44. The molecule has 0 spiro atoms. The number of allylic oxidation sites excluding steroid dienone is 2. The topological polar surface area (TPSA) is 29.1 Å². The van der Waals surface area contributed by atoms with Crippen LogP contribution in [0.2, 0.25) is 0 Å². The average Bonchev–Trinajstić information content (AvgIpc) is 2.33. The van der Waals surface area contributed by atoms with E-state index >= 15 is 0 Å². The van der Waals surface area contributed by atoms with Crippen molar-refractivity contribution in [3.05, 3.63) is 11.8 Å². The molecule has 1 saturated heterocycles. The molecule has 0 aromatic heterocycles. The van der Waals surface area contributed by atoms with Crippen LogP contribution in [0.4, 0.5) is 0 Å². The maximum atomic E-state index is 11.3. The molecule has 1 rings (SSSR count). The summed E-state index contributed by atoms with van der Waals surface area (Å²) >= 11 is 0. The van der Waals surface area contributed by atoms with Crippen LogP contribution in [-0.2, 0) is 4.79 Å². The van der Waals surface area contributed by atoms with Crippen LogP contribution in [0.1, 0.15) is 45.4 Å².